The Labute approximate surface area is 296 Å². The Bertz CT molecular complexity index is 1730. The van der Waals surface area contributed by atoms with Crippen molar-refractivity contribution in [1.29, 1.82) is 0 Å². The van der Waals surface area contributed by atoms with E-state index in [1.807, 2.05) is 12.2 Å². The summed E-state index contributed by atoms with van der Waals surface area (Å²) in [6, 6.07) is 2.30. The Morgan fingerprint density at radius 1 is 1.06 bits per heavy atom. The Balaban J connectivity index is 1.25. The van der Waals surface area contributed by atoms with Crippen molar-refractivity contribution in [2.24, 2.45) is 5.92 Å². The third kappa shape index (κ3) is 8.31. The minimum atomic E-state index is -3.92. The lowest BCUT2D eigenvalue weighted by Crippen LogP contribution is -2.58. The number of hydrogen-bond acceptors (Lipinski definition) is 9. The first-order valence-electron chi connectivity index (χ1n) is 17.6. The molecular formula is C35H46FN5O9S. The number of nitrogens with zero attached hydrogens (tertiary/aromatic N) is 2. The Morgan fingerprint density at radius 3 is 2.53 bits per heavy atom. The molecule has 51 heavy (non-hydrogen) atoms. The van der Waals surface area contributed by atoms with E-state index in [-0.39, 0.29) is 38.9 Å². The highest BCUT2D eigenvalue weighted by molar-refractivity contribution is 7.91. The second-order valence-electron chi connectivity index (χ2n) is 15.2. The van der Waals surface area contributed by atoms with E-state index in [0.717, 1.165) is 12.8 Å². The summed E-state index contributed by atoms with van der Waals surface area (Å²) in [7, 11) is -3.92. The van der Waals surface area contributed by atoms with Crippen LogP contribution in [0.4, 0.5) is 14.0 Å². The molecule has 16 heteroatoms. The summed E-state index contributed by atoms with van der Waals surface area (Å²) in [5.74, 6) is -3.06. The number of halogens is 1. The van der Waals surface area contributed by atoms with Gasteiger partial charge in [-0.1, -0.05) is 37.1 Å². The number of hydrogen-bond donors (Lipinski definition) is 3. The highest BCUT2D eigenvalue weighted by Gasteiger charge is 2.62. The van der Waals surface area contributed by atoms with Crippen LogP contribution in [0.25, 0.3) is 0 Å². The van der Waals surface area contributed by atoms with Crippen molar-refractivity contribution in [3.05, 3.63) is 47.3 Å². The van der Waals surface area contributed by atoms with Crippen molar-refractivity contribution in [2.45, 2.75) is 126 Å². The first-order valence-corrected chi connectivity index (χ1v) is 19.2. The van der Waals surface area contributed by atoms with Crippen LogP contribution in [-0.2, 0) is 47.0 Å². The van der Waals surface area contributed by atoms with Crippen LogP contribution in [0.15, 0.2) is 30.4 Å². The van der Waals surface area contributed by atoms with E-state index in [0.29, 0.717) is 36.8 Å². The molecule has 0 spiro atoms. The molecule has 3 aliphatic heterocycles. The number of fused-ring (bicyclic) bond motifs is 3. The fourth-order valence-corrected chi connectivity index (χ4v) is 8.39. The molecule has 3 N–H and O–H groups in total. The molecule has 1 aromatic rings. The molecule has 0 radical (unpaired) electrons. The fraction of sp³-hybridized carbons (Fsp3) is 0.629. The quantitative estimate of drug-likeness (QED) is 0.384. The molecule has 1 aromatic carbocycles. The van der Waals surface area contributed by atoms with E-state index in [4.69, 9.17) is 9.47 Å². The summed E-state index contributed by atoms with van der Waals surface area (Å²) in [5.41, 5.74) is -1.36. The van der Waals surface area contributed by atoms with Crippen LogP contribution >= 0.6 is 0 Å². The van der Waals surface area contributed by atoms with E-state index in [2.05, 4.69) is 15.4 Å². The average Bonchev–Trinajstić information content (AvgIpc) is 3.93. The summed E-state index contributed by atoms with van der Waals surface area (Å²) < 4.78 is 53.3. The van der Waals surface area contributed by atoms with Gasteiger partial charge in [-0.25, -0.2) is 22.4 Å². The monoisotopic (exact) mass is 731 g/mol. The number of allylic oxidation sites excluding steroid dienone is 1. The zero-order valence-corrected chi connectivity index (χ0v) is 29.9. The number of sulfonamides is 1. The molecule has 5 amide bonds. The van der Waals surface area contributed by atoms with Gasteiger partial charge in [-0.05, 0) is 70.9 Å². The van der Waals surface area contributed by atoms with Crippen LogP contribution in [0.2, 0.25) is 0 Å². The van der Waals surface area contributed by atoms with Gasteiger partial charge >= 0.3 is 12.2 Å². The molecule has 2 saturated carbocycles. The highest BCUT2D eigenvalue weighted by atomic mass is 32.2. The first kappa shape index (κ1) is 36.6. The molecule has 3 fully saturated rings. The maximum absolute atomic E-state index is 14.4. The number of benzene rings is 1. The van der Waals surface area contributed by atoms with Crippen LogP contribution in [0, 0.1) is 11.7 Å². The third-order valence-corrected chi connectivity index (χ3v) is 11.8. The van der Waals surface area contributed by atoms with Gasteiger partial charge in [0, 0.05) is 24.4 Å². The van der Waals surface area contributed by atoms with Gasteiger partial charge in [0.2, 0.25) is 21.8 Å². The van der Waals surface area contributed by atoms with Crippen LogP contribution in [0.1, 0.15) is 89.7 Å². The Hall–Kier alpha value is -4.21. The van der Waals surface area contributed by atoms with Gasteiger partial charge in [0.15, 0.2) is 0 Å². The summed E-state index contributed by atoms with van der Waals surface area (Å²) in [6.45, 7) is 5.01. The normalized spacial score (nSPS) is 28.9. The summed E-state index contributed by atoms with van der Waals surface area (Å²) >= 11 is 0. The molecule has 2 aliphatic carbocycles. The molecule has 0 aromatic heterocycles. The molecule has 1 saturated heterocycles. The number of ether oxygens (including phenoxy) is 2. The van der Waals surface area contributed by atoms with Crippen LogP contribution < -0.4 is 15.4 Å². The van der Waals surface area contributed by atoms with Gasteiger partial charge < -0.3 is 25.0 Å². The van der Waals surface area contributed by atoms with Crippen LogP contribution in [-0.4, -0.2) is 89.2 Å². The lowest BCUT2D eigenvalue weighted by atomic mass is 10.0. The maximum Gasteiger partial charge on any atom is 0.410 e. The van der Waals surface area contributed by atoms with Crippen molar-refractivity contribution in [2.75, 3.05) is 6.54 Å². The van der Waals surface area contributed by atoms with Gasteiger partial charge in [0.05, 0.1) is 18.3 Å². The minimum Gasteiger partial charge on any atom is -0.444 e. The summed E-state index contributed by atoms with van der Waals surface area (Å²) in [6.07, 6.45) is 5.10. The predicted molar refractivity (Wildman–Crippen MR) is 180 cm³/mol. The zero-order valence-electron chi connectivity index (χ0n) is 29.1. The number of amides is 5. The minimum absolute atomic E-state index is 0.00168. The molecular weight excluding hydrogens is 685 g/mol. The molecule has 14 nitrogen and oxygen atoms in total. The van der Waals surface area contributed by atoms with Crippen molar-refractivity contribution >= 4 is 39.9 Å². The Morgan fingerprint density at radius 2 is 1.82 bits per heavy atom. The SMILES string of the molecule is CC(C)(C)OC(=O)N[C@H]1CCCCC/C=C\C2C[C@]2(C(=O)NS(=O)(=O)C2CC2)NC(=O)[C@@H]2C[C@@H](OC(=O)N3Cc4cccc(F)c4C3)CN2C1=O. The van der Waals surface area contributed by atoms with Crippen molar-refractivity contribution in [3.8, 4) is 0 Å². The third-order valence-electron chi connectivity index (χ3n) is 9.99. The van der Waals surface area contributed by atoms with E-state index < -0.39 is 86.2 Å². The summed E-state index contributed by atoms with van der Waals surface area (Å²) in [5, 5.41) is 4.79. The van der Waals surface area contributed by atoms with Crippen LogP contribution in [0.5, 0.6) is 0 Å². The van der Waals surface area contributed by atoms with Crippen molar-refractivity contribution in [3.63, 3.8) is 0 Å². The van der Waals surface area contributed by atoms with E-state index in [1.54, 1.807) is 32.9 Å². The molecule has 3 heterocycles. The van der Waals surface area contributed by atoms with Gasteiger partial charge in [-0.2, -0.15) is 0 Å². The number of carbonyl (C=O) groups is 5. The molecule has 6 rings (SSSR count). The topological polar surface area (TPSA) is 181 Å². The summed E-state index contributed by atoms with van der Waals surface area (Å²) in [4.78, 5) is 70.8. The van der Waals surface area contributed by atoms with Gasteiger partial charge in [-0.3, -0.25) is 24.0 Å². The molecule has 5 atom stereocenters. The number of carbonyl (C=O) groups excluding carboxylic acids is 5. The van der Waals surface area contributed by atoms with E-state index >= 15 is 0 Å². The lowest BCUT2D eigenvalue weighted by Gasteiger charge is -2.30. The zero-order chi connectivity index (χ0) is 36.7. The highest BCUT2D eigenvalue weighted by Crippen LogP contribution is 2.46. The average molecular weight is 732 g/mol. The van der Waals surface area contributed by atoms with Gasteiger partial charge in [0.25, 0.3) is 5.91 Å². The number of alkyl carbamates (subject to hydrolysis) is 1. The standard InChI is InChI=1S/C35H46FN5O9S/c1-34(2,3)50-32(45)37-27-13-8-6-4-5-7-11-22-17-35(22,31(44)39-51(47,48)24-14-15-24)38-29(42)28-16-23(19-41(28)30(27)43)49-33(46)40-18-21-10-9-12-26(36)25(21)20-40/h7,9-12,22-24,27-28H,4-6,8,13-20H2,1-3H3,(H,37,45)(H,38,42)(H,39,44)/b11-7-/t22?,23-,27+,28+,35+/m1/s1. The van der Waals surface area contributed by atoms with Crippen molar-refractivity contribution in [1.82, 2.24) is 25.2 Å². The second-order valence-corrected chi connectivity index (χ2v) is 17.2. The Kier molecular flexibility index (Phi) is 10.1. The fourth-order valence-electron chi connectivity index (χ4n) is 7.02. The van der Waals surface area contributed by atoms with Crippen LogP contribution in [0.3, 0.4) is 0 Å². The van der Waals surface area contributed by atoms with Crippen molar-refractivity contribution < 1.29 is 46.3 Å². The first-order chi connectivity index (χ1) is 24.1. The van der Waals surface area contributed by atoms with E-state index in [9.17, 15) is 36.8 Å². The maximum atomic E-state index is 14.4. The smallest absolute Gasteiger partial charge is 0.410 e. The molecule has 0 bridgehead atoms. The van der Waals surface area contributed by atoms with Gasteiger partial charge in [-0.15, -0.1) is 0 Å². The molecule has 5 aliphatic rings. The van der Waals surface area contributed by atoms with Gasteiger partial charge in [0.1, 0.15) is 35.1 Å². The molecule has 1 unspecified atom stereocenters. The van der Waals surface area contributed by atoms with E-state index in [1.165, 1.54) is 15.9 Å². The number of nitrogens with one attached hydrogen (secondary N) is 3. The predicted octanol–water partition coefficient (Wildman–Crippen LogP) is 3.14. The largest absolute Gasteiger partial charge is 0.444 e. The number of rotatable bonds is 5. The molecule has 278 valence electrons. The lowest BCUT2D eigenvalue weighted by molar-refractivity contribution is -0.141. The second kappa shape index (κ2) is 14.1.